The summed E-state index contributed by atoms with van der Waals surface area (Å²) in [5.41, 5.74) is -3.52. The molecule has 0 bridgehead atoms. The smallest absolute Gasteiger partial charge is 0.331 e. The van der Waals surface area contributed by atoms with Gasteiger partial charge in [0.05, 0.1) is 23.7 Å². The summed E-state index contributed by atoms with van der Waals surface area (Å²) in [6.45, 7) is 8.20. The summed E-state index contributed by atoms with van der Waals surface area (Å²) in [6.07, 6.45) is 0.264. The highest BCUT2D eigenvalue weighted by atomic mass is 16.8. The second-order valence-corrected chi connectivity index (χ2v) is 15.1. The van der Waals surface area contributed by atoms with Gasteiger partial charge in [0, 0.05) is 44.8 Å². The lowest BCUT2D eigenvalue weighted by atomic mass is 9.43. The van der Waals surface area contributed by atoms with Crippen molar-refractivity contribution in [2.75, 3.05) is 13.7 Å². The zero-order valence-corrected chi connectivity index (χ0v) is 27.4. The Bertz CT molecular complexity index is 1520. The normalized spacial score (nSPS) is 52.3. The van der Waals surface area contributed by atoms with Gasteiger partial charge < -0.3 is 43.0 Å². The lowest BCUT2D eigenvalue weighted by molar-refractivity contribution is -0.449. The summed E-state index contributed by atoms with van der Waals surface area (Å²) in [7, 11) is 1.52. The van der Waals surface area contributed by atoms with Gasteiger partial charge in [0.15, 0.2) is 11.9 Å². The third-order valence-electron chi connectivity index (χ3n) is 12.8. The topological polar surface area (TPSA) is 166 Å². The molecule has 6 fully saturated rings. The number of esters is 3. The Morgan fingerprint density at radius 2 is 1.85 bits per heavy atom. The largest absolute Gasteiger partial charge is 0.458 e. The Kier molecular flexibility index (Phi) is 6.68. The maximum absolute atomic E-state index is 14.9. The molecule has 0 amide bonds. The first-order valence-corrected chi connectivity index (χ1v) is 16.6. The highest BCUT2D eigenvalue weighted by molar-refractivity contribution is 5.96. The number of hydrogen-bond donors (Lipinski definition) is 1. The first-order chi connectivity index (χ1) is 22.1. The van der Waals surface area contributed by atoms with Crippen LogP contribution in [0.4, 0.5) is 0 Å². The number of Topliss-reactive ketones (excluding diaryl/α,β-unsaturated/α-hetero) is 1. The van der Waals surface area contributed by atoms with Gasteiger partial charge in [-0.05, 0) is 51.0 Å². The van der Waals surface area contributed by atoms with Crippen LogP contribution in [-0.4, -0.2) is 102 Å². The second-order valence-electron chi connectivity index (χ2n) is 15.1. The molecule has 8 rings (SSSR count). The Morgan fingerprint density at radius 3 is 2.51 bits per heavy atom. The molecule has 4 aliphatic heterocycles. The fraction of sp³-hybridized carbons (Fsp3) is 0.765. The second kappa shape index (κ2) is 9.95. The number of epoxide rings is 1. The van der Waals surface area contributed by atoms with E-state index in [9.17, 15) is 24.3 Å². The van der Waals surface area contributed by atoms with Crippen LogP contribution >= 0.6 is 0 Å². The molecule has 0 unspecified atom stereocenters. The number of carbonyl (C=O) groups excluding carboxylic acids is 4. The van der Waals surface area contributed by atoms with Gasteiger partial charge in [-0.15, -0.1) is 0 Å². The van der Waals surface area contributed by atoms with Gasteiger partial charge >= 0.3 is 17.9 Å². The SMILES string of the molecule is CO[C@H]1C[C@@H](C)O[C@H]2O[C@@H]3C=C4C[C@@H]5O[C@]56[C@H]([C@H](OC(C)=O)C(=O)[C@]5(C)[C@@H](C7=CC(=O)OC7)CC[C@]65O)[C@@]4(C)C[C@H]3O[C@]21OC(C)=O. The number of cyclic esters (lactones) is 1. The predicted octanol–water partition coefficient (Wildman–Crippen LogP) is 1.82. The van der Waals surface area contributed by atoms with Crippen LogP contribution in [0.2, 0.25) is 0 Å². The molecule has 13 heteroatoms. The molecule has 47 heavy (non-hydrogen) atoms. The minimum absolute atomic E-state index is 0.0441. The Balaban J connectivity index is 1.22. The van der Waals surface area contributed by atoms with Crippen molar-refractivity contribution in [1.29, 1.82) is 0 Å². The number of fused-ring (bicyclic) bond motifs is 5. The molecule has 1 N–H and O–H groups in total. The first kappa shape index (κ1) is 31.6. The van der Waals surface area contributed by atoms with E-state index in [2.05, 4.69) is 0 Å². The van der Waals surface area contributed by atoms with E-state index in [4.69, 9.17) is 37.9 Å². The first-order valence-electron chi connectivity index (χ1n) is 16.6. The number of methoxy groups -OCH3 is 1. The highest BCUT2D eigenvalue weighted by Crippen LogP contribution is 2.77. The monoisotopic (exact) mass is 658 g/mol. The summed E-state index contributed by atoms with van der Waals surface area (Å²) in [6, 6.07) is 0. The fourth-order valence-corrected chi connectivity index (χ4v) is 10.8. The molecule has 256 valence electrons. The number of aliphatic hydroxyl groups is 1. The zero-order valence-electron chi connectivity index (χ0n) is 27.4. The molecular weight excluding hydrogens is 616 g/mol. The molecule has 8 aliphatic rings. The Hall–Kier alpha value is -2.68. The molecule has 0 aromatic heterocycles. The Labute approximate surface area is 272 Å². The van der Waals surface area contributed by atoms with E-state index in [1.807, 2.05) is 19.9 Å². The van der Waals surface area contributed by atoms with Gasteiger partial charge in [-0.3, -0.25) is 14.4 Å². The average Bonchev–Trinajstić information content (AvgIpc) is 3.43. The van der Waals surface area contributed by atoms with Crippen LogP contribution in [0.25, 0.3) is 0 Å². The molecule has 0 radical (unpaired) electrons. The van der Waals surface area contributed by atoms with Crippen molar-refractivity contribution in [1.82, 2.24) is 0 Å². The van der Waals surface area contributed by atoms with Gasteiger partial charge in [-0.25, -0.2) is 4.79 Å². The fourth-order valence-electron chi connectivity index (χ4n) is 10.8. The molecule has 3 saturated carbocycles. The predicted molar refractivity (Wildman–Crippen MR) is 156 cm³/mol. The molecule has 14 atom stereocenters. The maximum atomic E-state index is 14.9. The molecule has 1 spiro atoms. The van der Waals surface area contributed by atoms with Crippen LogP contribution in [-0.2, 0) is 57.1 Å². The zero-order chi connectivity index (χ0) is 33.5. The summed E-state index contributed by atoms with van der Waals surface area (Å²) in [5, 5.41) is 12.9. The minimum Gasteiger partial charge on any atom is -0.458 e. The van der Waals surface area contributed by atoms with E-state index >= 15 is 0 Å². The molecule has 13 nitrogen and oxygen atoms in total. The summed E-state index contributed by atoms with van der Waals surface area (Å²) in [4.78, 5) is 52.1. The van der Waals surface area contributed by atoms with Crippen LogP contribution < -0.4 is 0 Å². The molecule has 0 aromatic rings. The van der Waals surface area contributed by atoms with Gasteiger partial charge in [0.2, 0.25) is 6.29 Å². The number of rotatable bonds is 4. The van der Waals surface area contributed by atoms with E-state index in [0.717, 1.165) is 5.57 Å². The molecule has 3 saturated heterocycles. The van der Waals surface area contributed by atoms with Crippen LogP contribution in [0.15, 0.2) is 23.3 Å². The lowest BCUT2D eigenvalue weighted by Gasteiger charge is -2.62. The maximum Gasteiger partial charge on any atom is 0.331 e. The third kappa shape index (κ3) is 3.87. The van der Waals surface area contributed by atoms with E-state index in [1.165, 1.54) is 27.0 Å². The lowest BCUT2D eigenvalue weighted by Crippen LogP contribution is -2.76. The van der Waals surface area contributed by atoms with Crippen LogP contribution in [0.3, 0.4) is 0 Å². The van der Waals surface area contributed by atoms with Gasteiger partial charge in [0.25, 0.3) is 5.79 Å². The number of carbonyl (C=O) groups is 4. The van der Waals surface area contributed by atoms with Crippen LogP contribution in [0.5, 0.6) is 0 Å². The van der Waals surface area contributed by atoms with E-state index in [-0.39, 0.29) is 25.6 Å². The minimum atomic E-state index is -1.68. The van der Waals surface area contributed by atoms with E-state index < -0.39 is 100 Å². The molecule has 4 heterocycles. The summed E-state index contributed by atoms with van der Waals surface area (Å²) in [5.74, 6) is -5.05. The van der Waals surface area contributed by atoms with Crippen LogP contribution in [0, 0.1) is 22.7 Å². The molecular formula is C34H42O13. The highest BCUT2D eigenvalue weighted by Gasteiger charge is 2.89. The van der Waals surface area contributed by atoms with Crippen molar-refractivity contribution in [2.45, 2.75) is 127 Å². The van der Waals surface area contributed by atoms with Crippen molar-refractivity contribution >= 4 is 23.7 Å². The van der Waals surface area contributed by atoms with E-state index in [1.54, 1.807) is 6.92 Å². The van der Waals surface area contributed by atoms with Gasteiger partial charge in [-0.2, -0.15) is 0 Å². The Morgan fingerprint density at radius 1 is 1.09 bits per heavy atom. The van der Waals surface area contributed by atoms with Crippen molar-refractivity contribution < 1.29 is 62.2 Å². The van der Waals surface area contributed by atoms with Crippen molar-refractivity contribution in [3.8, 4) is 0 Å². The third-order valence-corrected chi connectivity index (χ3v) is 12.8. The molecule has 4 aliphatic carbocycles. The van der Waals surface area contributed by atoms with E-state index in [0.29, 0.717) is 24.8 Å². The molecule has 0 aromatic carbocycles. The van der Waals surface area contributed by atoms with Crippen molar-refractivity contribution in [3.05, 3.63) is 23.3 Å². The van der Waals surface area contributed by atoms with Gasteiger partial charge in [-0.1, -0.05) is 18.6 Å². The number of ketones is 1. The number of hydrogen-bond acceptors (Lipinski definition) is 13. The van der Waals surface area contributed by atoms with Crippen molar-refractivity contribution in [2.24, 2.45) is 22.7 Å². The summed E-state index contributed by atoms with van der Waals surface area (Å²) < 4.78 is 48.8. The van der Waals surface area contributed by atoms with Crippen LogP contribution in [0.1, 0.15) is 66.7 Å². The summed E-state index contributed by atoms with van der Waals surface area (Å²) >= 11 is 0. The standard InChI is InChI=1S/C34H42O13/c1-15-9-24(40-6)34(45-17(3)36)29(42-15)44-21-11-19-12-23-33(47-23)27(30(19,4)13-22(21)46-34)26(43-16(2)35)28(38)31(5)20(7-8-32(31,33)39)18-10-25(37)41-14-18/h10-11,15,20-24,26-27,29,39H,7-9,12-14H2,1-6H3/t15-,20-,21-,22-,23+,24+,26+,27-,29+,30+,31+,32-,33+,34+/m1/s1. The number of ether oxygens (including phenoxy) is 8. The quantitative estimate of drug-likeness (QED) is 0.201. The van der Waals surface area contributed by atoms with Gasteiger partial charge in [0.1, 0.15) is 30.0 Å². The average molecular weight is 659 g/mol. The van der Waals surface area contributed by atoms with Crippen molar-refractivity contribution in [3.63, 3.8) is 0 Å².